The van der Waals surface area contributed by atoms with E-state index in [-0.39, 0.29) is 0 Å². The van der Waals surface area contributed by atoms with Crippen molar-refractivity contribution in [1.82, 2.24) is 9.97 Å². The number of methoxy groups -OCH3 is 2. The summed E-state index contributed by atoms with van der Waals surface area (Å²) in [6.45, 7) is 1.93. The molecule has 0 atom stereocenters. The van der Waals surface area contributed by atoms with Gasteiger partial charge < -0.3 is 19.9 Å². The molecule has 3 aromatic rings. The van der Waals surface area contributed by atoms with Gasteiger partial charge >= 0.3 is 0 Å². The zero-order chi connectivity index (χ0) is 16.4. The zero-order valence-electron chi connectivity index (χ0n) is 13.2. The lowest BCUT2D eigenvalue weighted by Gasteiger charge is -2.12. The van der Waals surface area contributed by atoms with Gasteiger partial charge in [-0.2, -0.15) is 0 Å². The predicted octanol–water partition coefficient (Wildman–Crippen LogP) is 3.33. The number of hydrogen-bond donors (Lipinski definition) is 1. The first-order valence-electron chi connectivity index (χ1n) is 7.03. The molecule has 118 valence electrons. The number of rotatable bonds is 4. The van der Waals surface area contributed by atoms with Crippen LogP contribution in [0.3, 0.4) is 0 Å². The van der Waals surface area contributed by atoms with E-state index >= 15 is 0 Å². The number of aromatic nitrogens is 2. The fourth-order valence-electron chi connectivity index (χ4n) is 2.33. The Balaban J connectivity index is 2.10. The summed E-state index contributed by atoms with van der Waals surface area (Å²) < 4.78 is 16.6. The van der Waals surface area contributed by atoms with Crippen LogP contribution in [0.1, 0.15) is 5.56 Å². The minimum absolute atomic E-state index is 0.448. The fraction of sp³-hybridized carbons (Fsp3) is 0.176. The second kappa shape index (κ2) is 6.00. The molecule has 0 amide bonds. The summed E-state index contributed by atoms with van der Waals surface area (Å²) in [7, 11) is 3.16. The van der Waals surface area contributed by atoms with E-state index < -0.39 is 0 Å². The lowest BCUT2D eigenvalue weighted by atomic mass is 10.2. The lowest BCUT2D eigenvalue weighted by Crippen LogP contribution is -1.96. The largest absolute Gasteiger partial charge is 0.493 e. The molecule has 6 nitrogen and oxygen atoms in total. The summed E-state index contributed by atoms with van der Waals surface area (Å²) in [4.78, 5) is 8.49. The number of aryl methyl sites for hydroxylation is 1. The summed E-state index contributed by atoms with van der Waals surface area (Å²) >= 11 is 0. The average molecular weight is 311 g/mol. The lowest BCUT2D eigenvalue weighted by molar-refractivity contribution is 0.355. The van der Waals surface area contributed by atoms with E-state index in [1.165, 1.54) is 6.33 Å². The van der Waals surface area contributed by atoms with Crippen molar-refractivity contribution >= 4 is 16.6 Å². The molecular weight excluding hydrogens is 294 g/mol. The van der Waals surface area contributed by atoms with Crippen LogP contribution in [0.15, 0.2) is 36.7 Å². The van der Waals surface area contributed by atoms with Gasteiger partial charge in [-0.15, -0.1) is 0 Å². The van der Waals surface area contributed by atoms with Crippen LogP contribution in [0.4, 0.5) is 5.69 Å². The van der Waals surface area contributed by atoms with Crippen molar-refractivity contribution in [2.45, 2.75) is 6.92 Å². The van der Waals surface area contributed by atoms with Crippen molar-refractivity contribution in [1.29, 1.82) is 0 Å². The minimum atomic E-state index is 0.448. The number of nitrogens with zero attached hydrogens (tertiary/aromatic N) is 2. The first-order chi connectivity index (χ1) is 11.1. The molecule has 0 saturated carbocycles. The number of fused-ring (bicyclic) bond motifs is 1. The van der Waals surface area contributed by atoms with E-state index in [4.69, 9.17) is 19.9 Å². The van der Waals surface area contributed by atoms with Crippen LogP contribution < -0.4 is 19.9 Å². The third kappa shape index (κ3) is 2.83. The Morgan fingerprint density at radius 2 is 1.65 bits per heavy atom. The van der Waals surface area contributed by atoms with E-state index in [9.17, 15) is 0 Å². The van der Waals surface area contributed by atoms with Crippen LogP contribution in [-0.4, -0.2) is 24.2 Å². The first kappa shape index (κ1) is 14.9. The molecule has 0 radical (unpaired) electrons. The minimum Gasteiger partial charge on any atom is -0.493 e. The SMILES string of the molecule is COc1cc2ncnc(Oc3ccc(N)cc3C)c2cc1OC. The highest BCUT2D eigenvalue weighted by molar-refractivity contribution is 5.87. The number of nitrogens with two attached hydrogens (primary N) is 1. The van der Waals surface area contributed by atoms with Crippen molar-refractivity contribution in [3.05, 3.63) is 42.2 Å². The summed E-state index contributed by atoms with van der Waals surface area (Å²) in [5.74, 6) is 2.33. The topological polar surface area (TPSA) is 79.5 Å². The standard InChI is InChI=1S/C17H17N3O3/c1-10-6-11(18)4-5-14(10)23-17-12-7-15(21-2)16(22-3)8-13(12)19-9-20-17/h4-9H,18H2,1-3H3. The molecule has 0 bridgehead atoms. The Labute approximate surface area is 133 Å². The molecule has 0 aliphatic heterocycles. The van der Waals surface area contributed by atoms with Gasteiger partial charge in [-0.1, -0.05) is 0 Å². The maximum atomic E-state index is 5.95. The van der Waals surface area contributed by atoms with Crippen molar-refractivity contribution in [2.75, 3.05) is 20.0 Å². The van der Waals surface area contributed by atoms with E-state index in [1.807, 2.05) is 19.1 Å². The van der Waals surface area contributed by atoms with Gasteiger partial charge in [0.05, 0.1) is 25.1 Å². The third-order valence-electron chi connectivity index (χ3n) is 3.51. The Morgan fingerprint density at radius 3 is 2.35 bits per heavy atom. The third-order valence-corrected chi connectivity index (χ3v) is 3.51. The normalized spacial score (nSPS) is 10.6. The summed E-state index contributed by atoms with van der Waals surface area (Å²) in [5.41, 5.74) is 8.10. The van der Waals surface area contributed by atoms with E-state index in [0.717, 1.165) is 10.9 Å². The van der Waals surface area contributed by atoms with Crippen molar-refractivity contribution in [3.8, 4) is 23.1 Å². The van der Waals surface area contributed by atoms with Crippen LogP contribution in [0.2, 0.25) is 0 Å². The molecule has 2 N–H and O–H groups in total. The van der Waals surface area contributed by atoms with Crippen LogP contribution in [0.5, 0.6) is 23.1 Å². The molecule has 0 spiro atoms. The summed E-state index contributed by atoms with van der Waals surface area (Å²) in [6, 6.07) is 9.05. The highest BCUT2D eigenvalue weighted by atomic mass is 16.5. The monoisotopic (exact) mass is 311 g/mol. The number of ether oxygens (including phenoxy) is 3. The van der Waals surface area contributed by atoms with E-state index in [0.29, 0.717) is 34.3 Å². The summed E-state index contributed by atoms with van der Waals surface area (Å²) in [5, 5.41) is 0.737. The van der Waals surface area contributed by atoms with E-state index in [2.05, 4.69) is 9.97 Å². The van der Waals surface area contributed by atoms with Crippen LogP contribution in [0, 0.1) is 6.92 Å². The second-order valence-corrected chi connectivity index (χ2v) is 5.03. The van der Waals surface area contributed by atoms with Gasteiger partial charge in [0.25, 0.3) is 0 Å². The Bertz CT molecular complexity index is 865. The second-order valence-electron chi connectivity index (χ2n) is 5.03. The quantitative estimate of drug-likeness (QED) is 0.744. The number of anilines is 1. The number of benzene rings is 2. The Kier molecular flexibility index (Phi) is 3.89. The molecule has 0 fully saturated rings. The first-order valence-corrected chi connectivity index (χ1v) is 7.03. The smallest absolute Gasteiger partial charge is 0.230 e. The van der Waals surface area contributed by atoms with Gasteiger partial charge in [-0.05, 0) is 36.8 Å². The number of hydrogen-bond acceptors (Lipinski definition) is 6. The van der Waals surface area contributed by atoms with Gasteiger partial charge in [-0.25, -0.2) is 9.97 Å². The van der Waals surface area contributed by atoms with Crippen LogP contribution in [0.25, 0.3) is 10.9 Å². The van der Waals surface area contributed by atoms with Crippen LogP contribution >= 0.6 is 0 Å². The van der Waals surface area contributed by atoms with Gasteiger partial charge in [0, 0.05) is 11.8 Å². The molecule has 3 rings (SSSR count). The maximum absolute atomic E-state index is 5.95. The molecule has 0 unspecified atom stereocenters. The molecular formula is C17H17N3O3. The Morgan fingerprint density at radius 1 is 0.913 bits per heavy atom. The average Bonchev–Trinajstić information content (AvgIpc) is 2.56. The molecule has 0 saturated heterocycles. The van der Waals surface area contributed by atoms with Gasteiger partial charge in [0.2, 0.25) is 5.88 Å². The van der Waals surface area contributed by atoms with Crippen molar-refractivity contribution in [2.24, 2.45) is 0 Å². The zero-order valence-corrected chi connectivity index (χ0v) is 13.2. The maximum Gasteiger partial charge on any atom is 0.230 e. The van der Waals surface area contributed by atoms with Crippen LogP contribution in [-0.2, 0) is 0 Å². The Hall–Kier alpha value is -3.02. The fourth-order valence-corrected chi connectivity index (χ4v) is 2.33. The van der Waals surface area contributed by atoms with Gasteiger partial charge in [0.15, 0.2) is 11.5 Å². The van der Waals surface area contributed by atoms with Crippen molar-refractivity contribution in [3.63, 3.8) is 0 Å². The highest BCUT2D eigenvalue weighted by Crippen LogP contribution is 2.36. The molecule has 2 aromatic carbocycles. The molecule has 6 heteroatoms. The molecule has 0 aliphatic rings. The predicted molar refractivity (Wildman–Crippen MR) is 88.3 cm³/mol. The molecule has 1 aromatic heterocycles. The van der Waals surface area contributed by atoms with Crippen molar-refractivity contribution < 1.29 is 14.2 Å². The molecule has 0 aliphatic carbocycles. The number of nitrogen functional groups attached to an aromatic ring is 1. The highest BCUT2D eigenvalue weighted by Gasteiger charge is 2.13. The van der Waals surface area contributed by atoms with E-state index in [1.54, 1.807) is 32.4 Å². The van der Waals surface area contributed by atoms with Gasteiger partial charge in [0.1, 0.15) is 12.1 Å². The summed E-state index contributed by atoms with van der Waals surface area (Å²) in [6.07, 6.45) is 1.45. The molecule has 1 heterocycles. The van der Waals surface area contributed by atoms with Gasteiger partial charge in [-0.3, -0.25) is 0 Å². The molecule has 23 heavy (non-hydrogen) atoms.